The van der Waals surface area contributed by atoms with Gasteiger partial charge < -0.3 is 9.64 Å². The average molecular weight is 393 g/mol. The van der Waals surface area contributed by atoms with Crippen LogP contribution in [0.1, 0.15) is 41.9 Å². The highest BCUT2D eigenvalue weighted by molar-refractivity contribution is 6.30. The predicted molar refractivity (Wildman–Crippen MR) is 103 cm³/mol. The molecule has 1 aromatic carbocycles. The number of carbonyl (C=O) groups is 1. The van der Waals surface area contributed by atoms with Crippen molar-refractivity contribution in [2.24, 2.45) is 0 Å². The molecule has 1 fully saturated rings. The Labute approximate surface area is 163 Å². The first-order valence-electron chi connectivity index (χ1n) is 9.26. The van der Waals surface area contributed by atoms with E-state index in [9.17, 15) is 9.59 Å². The standard InChI is InChI=1S/C19H25ClN4O3/c1-3-23-17(21-24(19(23)26)12-13-27-2)14-8-10-22(11-9-14)18(25)15-4-6-16(20)7-5-15/h4-7,14H,3,8-13H2,1-2H3. The summed E-state index contributed by atoms with van der Waals surface area (Å²) in [4.78, 5) is 27.0. The van der Waals surface area contributed by atoms with Crippen LogP contribution in [0.2, 0.25) is 5.02 Å². The van der Waals surface area contributed by atoms with Crippen molar-refractivity contribution < 1.29 is 9.53 Å². The fourth-order valence-corrected chi connectivity index (χ4v) is 3.62. The van der Waals surface area contributed by atoms with Crippen LogP contribution in [-0.2, 0) is 17.8 Å². The maximum atomic E-state index is 12.6. The second kappa shape index (κ2) is 8.71. The number of nitrogens with zero attached hydrogens (tertiary/aromatic N) is 4. The lowest BCUT2D eigenvalue weighted by Crippen LogP contribution is -2.38. The molecule has 0 spiro atoms. The molecule has 0 N–H and O–H groups in total. The molecule has 3 rings (SSSR count). The zero-order chi connectivity index (χ0) is 19.4. The molecular weight excluding hydrogens is 368 g/mol. The molecular formula is C19H25ClN4O3. The second-order valence-electron chi connectivity index (χ2n) is 6.67. The van der Waals surface area contributed by atoms with Gasteiger partial charge in [-0.2, -0.15) is 5.10 Å². The Morgan fingerprint density at radius 3 is 2.52 bits per heavy atom. The van der Waals surface area contributed by atoms with Gasteiger partial charge >= 0.3 is 5.69 Å². The largest absolute Gasteiger partial charge is 0.383 e. The highest BCUT2D eigenvalue weighted by atomic mass is 35.5. The number of ether oxygens (including phenoxy) is 1. The number of halogens is 1. The van der Waals surface area contributed by atoms with Crippen molar-refractivity contribution >= 4 is 17.5 Å². The number of methoxy groups -OCH3 is 1. The Balaban J connectivity index is 1.69. The van der Waals surface area contributed by atoms with Crippen molar-refractivity contribution in [1.82, 2.24) is 19.2 Å². The first kappa shape index (κ1) is 19.6. The quantitative estimate of drug-likeness (QED) is 0.756. The van der Waals surface area contributed by atoms with Crippen molar-refractivity contribution in [2.45, 2.75) is 38.8 Å². The zero-order valence-corrected chi connectivity index (χ0v) is 16.5. The second-order valence-corrected chi connectivity index (χ2v) is 7.11. The van der Waals surface area contributed by atoms with Crippen molar-refractivity contribution in [2.75, 3.05) is 26.8 Å². The summed E-state index contributed by atoms with van der Waals surface area (Å²) in [5.74, 6) is 1.01. The summed E-state index contributed by atoms with van der Waals surface area (Å²) in [5, 5.41) is 5.17. The summed E-state index contributed by atoms with van der Waals surface area (Å²) in [6.45, 7) is 4.73. The van der Waals surface area contributed by atoms with Gasteiger partial charge in [0.05, 0.1) is 13.2 Å². The number of benzene rings is 1. The molecule has 2 aromatic rings. The van der Waals surface area contributed by atoms with Gasteiger partial charge in [0, 0.05) is 43.2 Å². The van der Waals surface area contributed by atoms with E-state index in [0.29, 0.717) is 43.4 Å². The molecule has 0 radical (unpaired) electrons. The van der Waals surface area contributed by atoms with Gasteiger partial charge in [-0.1, -0.05) is 11.6 Å². The normalized spacial score (nSPS) is 15.3. The lowest BCUT2D eigenvalue weighted by Gasteiger charge is -2.31. The fraction of sp³-hybridized carbons (Fsp3) is 0.526. The third-order valence-electron chi connectivity index (χ3n) is 5.01. The van der Waals surface area contributed by atoms with Crippen LogP contribution in [0, 0.1) is 0 Å². The highest BCUT2D eigenvalue weighted by Gasteiger charge is 2.28. The molecule has 8 heteroatoms. The SMILES string of the molecule is CCn1c(C2CCN(C(=O)c3ccc(Cl)cc3)CC2)nn(CCOC)c1=O. The van der Waals surface area contributed by atoms with Gasteiger partial charge in [-0.15, -0.1) is 0 Å². The Kier molecular flexibility index (Phi) is 6.34. The Morgan fingerprint density at radius 2 is 1.93 bits per heavy atom. The minimum atomic E-state index is -0.0933. The lowest BCUT2D eigenvalue weighted by molar-refractivity contribution is 0.0710. The third kappa shape index (κ3) is 4.25. The molecule has 1 aromatic heterocycles. The number of piperidine rings is 1. The molecule has 1 amide bonds. The summed E-state index contributed by atoms with van der Waals surface area (Å²) < 4.78 is 8.27. The summed E-state index contributed by atoms with van der Waals surface area (Å²) in [6, 6.07) is 6.97. The van der Waals surface area contributed by atoms with E-state index >= 15 is 0 Å². The van der Waals surface area contributed by atoms with Crippen LogP contribution in [0.15, 0.2) is 29.1 Å². The van der Waals surface area contributed by atoms with Crippen LogP contribution < -0.4 is 5.69 Å². The number of hydrogen-bond donors (Lipinski definition) is 0. The van der Waals surface area contributed by atoms with Crippen LogP contribution in [0.4, 0.5) is 0 Å². The number of likely N-dealkylation sites (tertiary alicyclic amines) is 1. The number of amides is 1. The number of aromatic nitrogens is 3. The van der Waals surface area contributed by atoms with Crippen LogP contribution in [0.5, 0.6) is 0 Å². The van der Waals surface area contributed by atoms with E-state index < -0.39 is 0 Å². The Morgan fingerprint density at radius 1 is 1.26 bits per heavy atom. The smallest absolute Gasteiger partial charge is 0.345 e. The monoisotopic (exact) mass is 392 g/mol. The minimum Gasteiger partial charge on any atom is -0.383 e. The highest BCUT2D eigenvalue weighted by Crippen LogP contribution is 2.27. The molecule has 0 atom stereocenters. The molecule has 7 nitrogen and oxygen atoms in total. The summed E-state index contributed by atoms with van der Waals surface area (Å²) in [6.07, 6.45) is 1.58. The van der Waals surface area contributed by atoms with Gasteiger partial charge in [0.25, 0.3) is 5.91 Å². The molecule has 1 aliphatic rings. The maximum Gasteiger partial charge on any atom is 0.345 e. The molecule has 0 aliphatic carbocycles. The Hall–Kier alpha value is -2.12. The van der Waals surface area contributed by atoms with Gasteiger partial charge in [-0.25, -0.2) is 9.48 Å². The van der Waals surface area contributed by atoms with Crippen LogP contribution in [0.25, 0.3) is 0 Å². The van der Waals surface area contributed by atoms with Gasteiger partial charge in [0.15, 0.2) is 0 Å². The van der Waals surface area contributed by atoms with Gasteiger partial charge in [0.1, 0.15) is 5.82 Å². The topological polar surface area (TPSA) is 69.4 Å². The minimum absolute atomic E-state index is 0.0172. The number of hydrogen-bond acceptors (Lipinski definition) is 4. The van der Waals surface area contributed by atoms with Gasteiger partial charge in [-0.3, -0.25) is 9.36 Å². The molecule has 0 bridgehead atoms. The molecule has 2 heterocycles. The van der Waals surface area contributed by atoms with Crippen molar-refractivity contribution in [3.63, 3.8) is 0 Å². The molecule has 27 heavy (non-hydrogen) atoms. The molecule has 0 unspecified atom stereocenters. The molecule has 0 saturated carbocycles. The first-order valence-corrected chi connectivity index (χ1v) is 9.64. The maximum absolute atomic E-state index is 12.6. The van der Waals surface area contributed by atoms with Gasteiger partial charge in [0.2, 0.25) is 0 Å². The van der Waals surface area contributed by atoms with E-state index in [1.54, 1.807) is 35.9 Å². The summed E-state index contributed by atoms with van der Waals surface area (Å²) in [5.41, 5.74) is 0.552. The predicted octanol–water partition coefficient (Wildman–Crippen LogP) is 2.38. The third-order valence-corrected chi connectivity index (χ3v) is 5.27. The van der Waals surface area contributed by atoms with E-state index in [-0.39, 0.29) is 17.5 Å². The number of carbonyl (C=O) groups excluding carboxylic acids is 1. The van der Waals surface area contributed by atoms with Crippen LogP contribution in [-0.4, -0.2) is 52.0 Å². The Bertz CT molecular complexity index is 836. The van der Waals surface area contributed by atoms with E-state index in [1.807, 2.05) is 11.8 Å². The molecule has 1 aliphatic heterocycles. The van der Waals surface area contributed by atoms with Crippen molar-refractivity contribution in [1.29, 1.82) is 0 Å². The van der Waals surface area contributed by atoms with Crippen LogP contribution >= 0.6 is 11.6 Å². The molecule has 146 valence electrons. The van der Waals surface area contributed by atoms with E-state index in [2.05, 4.69) is 5.10 Å². The van der Waals surface area contributed by atoms with Crippen molar-refractivity contribution in [3.8, 4) is 0 Å². The van der Waals surface area contributed by atoms with E-state index in [1.165, 1.54) is 4.68 Å². The molecule has 1 saturated heterocycles. The van der Waals surface area contributed by atoms with E-state index in [0.717, 1.165) is 18.7 Å². The summed E-state index contributed by atoms with van der Waals surface area (Å²) >= 11 is 5.89. The number of rotatable bonds is 6. The van der Waals surface area contributed by atoms with Gasteiger partial charge in [-0.05, 0) is 44.0 Å². The summed E-state index contributed by atoms with van der Waals surface area (Å²) in [7, 11) is 1.61. The fourth-order valence-electron chi connectivity index (χ4n) is 3.50. The van der Waals surface area contributed by atoms with E-state index in [4.69, 9.17) is 16.3 Å². The zero-order valence-electron chi connectivity index (χ0n) is 15.7. The van der Waals surface area contributed by atoms with Crippen molar-refractivity contribution in [3.05, 3.63) is 51.2 Å². The van der Waals surface area contributed by atoms with Crippen LogP contribution in [0.3, 0.4) is 0 Å². The first-order chi connectivity index (χ1) is 13.0. The average Bonchev–Trinajstić information content (AvgIpc) is 3.02. The lowest BCUT2D eigenvalue weighted by atomic mass is 9.95.